The van der Waals surface area contributed by atoms with Gasteiger partial charge in [0.2, 0.25) is 0 Å². The van der Waals surface area contributed by atoms with Gasteiger partial charge in [-0.2, -0.15) is 0 Å². The Labute approximate surface area is 154 Å². The number of benzene rings is 2. The Kier molecular flexibility index (Phi) is 5.95. The molecule has 1 aliphatic carbocycles. The lowest BCUT2D eigenvalue weighted by molar-refractivity contribution is -0.124. The molecule has 0 radical (unpaired) electrons. The lowest BCUT2D eigenvalue weighted by Gasteiger charge is -2.26. The molecule has 4 heteroatoms. The second-order valence-corrected chi connectivity index (χ2v) is 6.41. The van der Waals surface area contributed by atoms with Crippen LogP contribution in [-0.2, 0) is 11.2 Å². The van der Waals surface area contributed by atoms with Gasteiger partial charge in [-0.1, -0.05) is 42.5 Å². The zero-order valence-electron chi connectivity index (χ0n) is 15.3. The smallest absolute Gasteiger partial charge is 0.258 e. The Morgan fingerprint density at radius 3 is 2.88 bits per heavy atom. The van der Waals surface area contributed by atoms with Crippen molar-refractivity contribution in [1.82, 2.24) is 5.32 Å². The van der Waals surface area contributed by atoms with Gasteiger partial charge in [-0.15, -0.1) is 0 Å². The Hall–Kier alpha value is -2.75. The van der Waals surface area contributed by atoms with Gasteiger partial charge in [0, 0.05) is 0 Å². The molecule has 0 heterocycles. The zero-order valence-corrected chi connectivity index (χ0v) is 15.3. The standard InChI is InChI=1S/C22H25NO3/c1-3-7-16-12-13-20(21(14-16)25-2)26-15-22(24)23-19-11-6-9-17-8-4-5-10-18(17)19/h3-5,7-8,10,12-14,19H,6,9,11,15H2,1-2H3,(H,23,24)/b7-3+. The molecule has 0 bridgehead atoms. The molecule has 1 unspecified atom stereocenters. The van der Waals surface area contributed by atoms with Gasteiger partial charge in [0.15, 0.2) is 18.1 Å². The number of aryl methyl sites for hydroxylation is 1. The first-order valence-electron chi connectivity index (χ1n) is 9.02. The lowest BCUT2D eigenvalue weighted by Crippen LogP contribution is -2.34. The van der Waals surface area contributed by atoms with Crippen LogP contribution in [0.5, 0.6) is 11.5 Å². The van der Waals surface area contributed by atoms with E-state index in [4.69, 9.17) is 9.47 Å². The summed E-state index contributed by atoms with van der Waals surface area (Å²) in [4.78, 5) is 12.4. The second kappa shape index (κ2) is 8.56. The molecule has 1 aliphatic rings. The minimum Gasteiger partial charge on any atom is -0.493 e. The molecule has 1 N–H and O–H groups in total. The van der Waals surface area contributed by atoms with Crippen molar-refractivity contribution in [2.45, 2.75) is 32.2 Å². The van der Waals surface area contributed by atoms with E-state index in [1.54, 1.807) is 7.11 Å². The van der Waals surface area contributed by atoms with E-state index in [0.717, 1.165) is 24.8 Å². The fourth-order valence-corrected chi connectivity index (χ4v) is 3.38. The SMILES string of the molecule is C/C=C/c1ccc(OCC(=O)NC2CCCc3ccccc32)c(OC)c1. The molecule has 0 saturated heterocycles. The van der Waals surface area contributed by atoms with Crippen molar-refractivity contribution < 1.29 is 14.3 Å². The molecule has 4 nitrogen and oxygen atoms in total. The van der Waals surface area contributed by atoms with Crippen LogP contribution in [0.3, 0.4) is 0 Å². The lowest BCUT2D eigenvalue weighted by atomic mass is 9.88. The summed E-state index contributed by atoms with van der Waals surface area (Å²) < 4.78 is 11.1. The van der Waals surface area contributed by atoms with Crippen molar-refractivity contribution in [1.29, 1.82) is 0 Å². The van der Waals surface area contributed by atoms with Crippen molar-refractivity contribution in [2.24, 2.45) is 0 Å². The number of ether oxygens (including phenoxy) is 2. The third-order valence-corrected chi connectivity index (χ3v) is 4.61. The first-order valence-corrected chi connectivity index (χ1v) is 9.02. The molecule has 0 saturated carbocycles. The summed E-state index contributed by atoms with van der Waals surface area (Å²) in [5.74, 6) is 1.07. The highest BCUT2D eigenvalue weighted by Gasteiger charge is 2.21. The highest BCUT2D eigenvalue weighted by molar-refractivity contribution is 5.78. The van der Waals surface area contributed by atoms with Gasteiger partial charge in [-0.3, -0.25) is 4.79 Å². The van der Waals surface area contributed by atoms with Gasteiger partial charge in [0.25, 0.3) is 5.91 Å². The Morgan fingerprint density at radius 1 is 1.23 bits per heavy atom. The van der Waals surface area contributed by atoms with Gasteiger partial charge >= 0.3 is 0 Å². The van der Waals surface area contributed by atoms with Crippen LogP contribution in [-0.4, -0.2) is 19.6 Å². The van der Waals surface area contributed by atoms with E-state index in [1.807, 2.05) is 43.3 Å². The third-order valence-electron chi connectivity index (χ3n) is 4.61. The van der Waals surface area contributed by atoms with Gasteiger partial charge in [-0.05, 0) is 55.0 Å². The van der Waals surface area contributed by atoms with E-state index < -0.39 is 0 Å². The number of carbonyl (C=O) groups is 1. The van der Waals surface area contributed by atoms with Crippen molar-refractivity contribution >= 4 is 12.0 Å². The van der Waals surface area contributed by atoms with Crippen molar-refractivity contribution in [3.63, 3.8) is 0 Å². The molecule has 0 fully saturated rings. The van der Waals surface area contributed by atoms with Crippen molar-refractivity contribution in [3.8, 4) is 11.5 Å². The van der Waals surface area contributed by atoms with Crippen LogP contribution < -0.4 is 14.8 Å². The highest BCUT2D eigenvalue weighted by atomic mass is 16.5. The van der Waals surface area contributed by atoms with Gasteiger partial charge < -0.3 is 14.8 Å². The van der Waals surface area contributed by atoms with E-state index in [1.165, 1.54) is 11.1 Å². The maximum absolute atomic E-state index is 12.4. The molecule has 0 aromatic heterocycles. The maximum atomic E-state index is 12.4. The Balaban J connectivity index is 1.61. The van der Waals surface area contributed by atoms with Crippen molar-refractivity contribution in [2.75, 3.05) is 13.7 Å². The Bertz CT molecular complexity index is 798. The molecular weight excluding hydrogens is 326 g/mol. The van der Waals surface area contributed by atoms with E-state index in [0.29, 0.717) is 11.5 Å². The van der Waals surface area contributed by atoms with E-state index in [9.17, 15) is 4.79 Å². The second-order valence-electron chi connectivity index (χ2n) is 6.41. The normalized spacial score (nSPS) is 16.2. The third kappa shape index (κ3) is 4.26. The molecule has 2 aromatic rings. The molecule has 0 spiro atoms. The number of rotatable bonds is 6. The first kappa shape index (κ1) is 18.1. The molecule has 1 atom stereocenters. The summed E-state index contributed by atoms with van der Waals surface area (Å²) in [6.07, 6.45) is 7.08. The van der Waals surface area contributed by atoms with Crippen LogP contribution in [0.1, 0.15) is 42.5 Å². The van der Waals surface area contributed by atoms with Crippen LogP contribution in [0, 0.1) is 0 Å². The summed E-state index contributed by atoms with van der Waals surface area (Å²) in [5.41, 5.74) is 3.58. The number of amides is 1. The van der Waals surface area contributed by atoms with E-state index in [2.05, 4.69) is 23.5 Å². The maximum Gasteiger partial charge on any atom is 0.258 e. The predicted molar refractivity (Wildman–Crippen MR) is 103 cm³/mol. The number of fused-ring (bicyclic) bond motifs is 1. The van der Waals surface area contributed by atoms with Crippen LogP contribution in [0.4, 0.5) is 0 Å². The van der Waals surface area contributed by atoms with Crippen LogP contribution in [0.25, 0.3) is 6.08 Å². The number of hydrogen-bond acceptors (Lipinski definition) is 3. The number of hydrogen-bond donors (Lipinski definition) is 1. The molecular formula is C22H25NO3. The first-order chi connectivity index (χ1) is 12.7. The zero-order chi connectivity index (χ0) is 18.4. The predicted octanol–water partition coefficient (Wildman–Crippen LogP) is 4.30. The number of allylic oxidation sites excluding steroid dienone is 1. The van der Waals surface area contributed by atoms with Gasteiger partial charge in [0.05, 0.1) is 13.2 Å². The number of carbonyl (C=O) groups excluding carboxylic acids is 1. The van der Waals surface area contributed by atoms with Crippen LogP contribution in [0.2, 0.25) is 0 Å². The molecule has 26 heavy (non-hydrogen) atoms. The van der Waals surface area contributed by atoms with E-state index in [-0.39, 0.29) is 18.6 Å². The highest BCUT2D eigenvalue weighted by Crippen LogP contribution is 2.30. The van der Waals surface area contributed by atoms with E-state index >= 15 is 0 Å². The fourth-order valence-electron chi connectivity index (χ4n) is 3.38. The average molecular weight is 351 g/mol. The fraction of sp³-hybridized carbons (Fsp3) is 0.318. The summed E-state index contributed by atoms with van der Waals surface area (Å²) in [6, 6.07) is 14.0. The van der Waals surface area contributed by atoms with Gasteiger partial charge in [-0.25, -0.2) is 0 Å². The minimum absolute atomic E-state index is 0.0298. The summed E-state index contributed by atoms with van der Waals surface area (Å²) in [6.45, 7) is 1.93. The molecule has 2 aromatic carbocycles. The number of methoxy groups -OCH3 is 1. The quantitative estimate of drug-likeness (QED) is 0.844. The Morgan fingerprint density at radius 2 is 2.08 bits per heavy atom. The van der Waals surface area contributed by atoms with Crippen LogP contribution >= 0.6 is 0 Å². The molecule has 3 rings (SSSR count). The van der Waals surface area contributed by atoms with Gasteiger partial charge in [0.1, 0.15) is 0 Å². The van der Waals surface area contributed by atoms with Crippen LogP contribution in [0.15, 0.2) is 48.5 Å². The van der Waals surface area contributed by atoms with Crippen molar-refractivity contribution in [3.05, 3.63) is 65.2 Å². The molecule has 0 aliphatic heterocycles. The molecule has 1 amide bonds. The monoisotopic (exact) mass is 351 g/mol. The minimum atomic E-state index is -0.119. The summed E-state index contributed by atoms with van der Waals surface area (Å²) >= 11 is 0. The molecule has 136 valence electrons. The average Bonchev–Trinajstić information content (AvgIpc) is 2.67. The summed E-state index contributed by atoms with van der Waals surface area (Å²) in [5, 5.41) is 3.10. The number of nitrogens with one attached hydrogen (secondary N) is 1. The topological polar surface area (TPSA) is 47.6 Å². The summed E-state index contributed by atoms with van der Waals surface area (Å²) in [7, 11) is 1.60. The largest absolute Gasteiger partial charge is 0.493 e.